The van der Waals surface area contributed by atoms with E-state index >= 15 is 0 Å². The summed E-state index contributed by atoms with van der Waals surface area (Å²) in [5.41, 5.74) is 2.94. The fourth-order valence-corrected chi connectivity index (χ4v) is 4.36. The molecule has 1 aliphatic rings. The van der Waals surface area contributed by atoms with Gasteiger partial charge in [-0.3, -0.25) is 14.6 Å². The molecule has 174 valence electrons. The molecule has 0 atom stereocenters. The summed E-state index contributed by atoms with van der Waals surface area (Å²) in [6.45, 7) is 6.03. The predicted octanol–water partition coefficient (Wildman–Crippen LogP) is 4.02. The molecule has 4 rings (SSSR count). The van der Waals surface area contributed by atoms with E-state index in [0.29, 0.717) is 28.4 Å². The number of anilines is 1. The van der Waals surface area contributed by atoms with Crippen LogP contribution in [0.25, 0.3) is 11.4 Å². The van der Waals surface area contributed by atoms with Gasteiger partial charge in [-0.2, -0.15) is 0 Å². The average Bonchev–Trinajstić information content (AvgIpc) is 3.41. The minimum Gasteiger partial charge on any atom is -0.381 e. The molecule has 1 fully saturated rings. The fraction of sp³-hybridized carbons (Fsp3) is 0.417. The number of aromatic nitrogens is 3. The highest BCUT2D eigenvalue weighted by Gasteiger charge is 2.31. The van der Waals surface area contributed by atoms with Crippen molar-refractivity contribution in [2.75, 3.05) is 19.0 Å². The first kappa shape index (κ1) is 23.1. The summed E-state index contributed by atoms with van der Waals surface area (Å²) < 4.78 is 7.32. The number of rotatable bonds is 7. The van der Waals surface area contributed by atoms with E-state index < -0.39 is 0 Å². The number of carbonyl (C=O) groups excluding carboxylic acids is 2. The van der Waals surface area contributed by atoms with Crippen molar-refractivity contribution >= 4 is 28.3 Å². The summed E-state index contributed by atoms with van der Waals surface area (Å²) >= 11 is 1.33. The molecule has 0 saturated heterocycles. The summed E-state index contributed by atoms with van der Waals surface area (Å²) in [5.74, 6) is -0.210. The van der Waals surface area contributed by atoms with Crippen LogP contribution in [0.3, 0.4) is 0 Å². The maximum atomic E-state index is 12.4. The van der Waals surface area contributed by atoms with Gasteiger partial charge in [0.2, 0.25) is 5.91 Å². The third-order valence-electron chi connectivity index (χ3n) is 5.77. The number of hydrogen-bond donors (Lipinski definition) is 2. The van der Waals surface area contributed by atoms with Crippen LogP contribution in [0.15, 0.2) is 42.0 Å². The Kier molecular flexibility index (Phi) is 6.62. The molecule has 0 aliphatic heterocycles. The molecule has 0 radical (unpaired) electrons. The second-order valence-electron chi connectivity index (χ2n) is 9.22. The predicted molar refractivity (Wildman–Crippen MR) is 129 cm³/mol. The van der Waals surface area contributed by atoms with Gasteiger partial charge in [-0.25, -0.2) is 4.98 Å². The van der Waals surface area contributed by atoms with Gasteiger partial charge in [-0.1, -0.05) is 6.07 Å². The van der Waals surface area contributed by atoms with E-state index in [1.54, 1.807) is 19.4 Å². The van der Waals surface area contributed by atoms with E-state index in [4.69, 9.17) is 9.72 Å². The SMILES string of the molecule is COC1CC(c2cccc(-c3csc(NC(=O)CNC(=O)c4ccn(C(C)(C)C)c4)n3)n2)C1. The topological polar surface area (TPSA) is 98.1 Å². The Bertz CT molecular complexity index is 1140. The molecule has 9 heteroatoms. The minimum absolute atomic E-state index is 0.114. The molecule has 0 unspecified atom stereocenters. The molecule has 33 heavy (non-hydrogen) atoms. The van der Waals surface area contributed by atoms with Gasteiger partial charge < -0.3 is 19.9 Å². The summed E-state index contributed by atoms with van der Waals surface area (Å²) in [7, 11) is 1.74. The summed E-state index contributed by atoms with van der Waals surface area (Å²) in [5, 5.41) is 7.74. The maximum absolute atomic E-state index is 12.4. The summed E-state index contributed by atoms with van der Waals surface area (Å²) in [6.07, 6.45) is 5.92. The number of amides is 2. The van der Waals surface area contributed by atoms with Crippen LogP contribution in [0.1, 0.15) is 55.6 Å². The van der Waals surface area contributed by atoms with Gasteiger partial charge in [0.25, 0.3) is 5.91 Å². The Hall–Kier alpha value is -3.04. The molecule has 2 N–H and O–H groups in total. The quantitative estimate of drug-likeness (QED) is 0.547. The first-order valence-corrected chi connectivity index (χ1v) is 11.8. The second-order valence-corrected chi connectivity index (χ2v) is 10.1. The highest BCUT2D eigenvalue weighted by Crippen LogP contribution is 2.38. The van der Waals surface area contributed by atoms with Crippen molar-refractivity contribution in [1.29, 1.82) is 0 Å². The average molecular weight is 468 g/mol. The number of nitrogens with zero attached hydrogens (tertiary/aromatic N) is 3. The van der Waals surface area contributed by atoms with Crippen molar-refractivity contribution in [3.8, 4) is 11.4 Å². The Morgan fingerprint density at radius 2 is 1.97 bits per heavy atom. The van der Waals surface area contributed by atoms with Crippen LogP contribution in [-0.2, 0) is 15.1 Å². The van der Waals surface area contributed by atoms with Crippen LogP contribution in [0.5, 0.6) is 0 Å². The monoisotopic (exact) mass is 467 g/mol. The van der Waals surface area contributed by atoms with E-state index in [1.165, 1.54) is 11.3 Å². The Morgan fingerprint density at radius 3 is 2.67 bits per heavy atom. The zero-order chi connectivity index (χ0) is 23.6. The van der Waals surface area contributed by atoms with Crippen LogP contribution in [-0.4, -0.2) is 46.1 Å². The number of nitrogens with one attached hydrogen (secondary N) is 2. The highest BCUT2D eigenvalue weighted by atomic mass is 32.1. The van der Waals surface area contributed by atoms with Crippen molar-refractivity contribution in [2.24, 2.45) is 0 Å². The number of ether oxygens (including phenoxy) is 1. The molecule has 2 amide bonds. The van der Waals surface area contributed by atoms with E-state index in [1.807, 2.05) is 34.3 Å². The van der Waals surface area contributed by atoms with Crippen molar-refractivity contribution in [1.82, 2.24) is 19.9 Å². The van der Waals surface area contributed by atoms with Gasteiger partial charge in [-0.15, -0.1) is 11.3 Å². The Balaban J connectivity index is 1.31. The van der Waals surface area contributed by atoms with E-state index in [-0.39, 0.29) is 23.9 Å². The number of hydrogen-bond acceptors (Lipinski definition) is 6. The first-order chi connectivity index (χ1) is 15.7. The molecule has 3 aromatic heterocycles. The van der Waals surface area contributed by atoms with Crippen LogP contribution in [0.2, 0.25) is 0 Å². The van der Waals surface area contributed by atoms with E-state index in [0.717, 1.165) is 24.2 Å². The molecule has 3 heterocycles. The summed E-state index contributed by atoms with van der Waals surface area (Å²) in [4.78, 5) is 33.9. The van der Waals surface area contributed by atoms with Gasteiger partial charge in [0.05, 0.1) is 23.9 Å². The zero-order valence-electron chi connectivity index (χ0n) is 19.3. The van der Waals surface area contributed by atoms with Crippen molar-refractivity contribution < 1.29 is 14.3 Å². The third-order valence-corrected chi connectivity index (χ3v) is 6.53. The van der Waals surface area contributed by atoms with E-state index in [2.05, 4.69) is 36.4 Å². The van der Waals surface area contributed by atoms with Gasteiger partial charge in [-0.05, 0) is 51.8 Å². The largest absolute Gasteiger partial charge is 0.381 e. The maximum Gasteiger partial charge on any atom is 0.253 e. The molecule has 0 aromatic carbocycles. The molecule has 1 aliphatic carbocycles. The lowest BCUT2D eigenvalue weighted by molar-refractivity contribution is -0.115. The molecular weight excluding hydrogens is 438 g/mol. The third kappa shape index (κ3) is 5.48. The normalized spacial score (nSPS) is 17.9. The standard InChI is InChI=1S/C24H29N5O3S/c1-24(2,3)29-9-8-15(13-29)22(31)25-12-21(30)28-23-27-20(14-33-23)19-7-5-6-18(26-19)16-10-17(11-16)32-4/h5-9,13-14,16-17H,10-12H2,1-4H3,(H,25,31)(H,27,28,30). The van der Waals surface area contributed by atoms with Gasteiger partial charge >= 0.3 is 0 Å². The fourth-order valence-electron chi connectivity index (χ4n) is 3.64. The Morgan fingerprint density at radius 1 is 1.18 bits per heavy atom. The molecular formula is C24H29N5O3S. The number of thiazole rings is 1. The van der Waals surface area contributed by atoms with Crippen LogP contribution in [0, 0.1) is 0 Å². The minimum atomic E-state index is -0.332. The van der Waals surface area contributed by atoms with Crippen molar-refractivity contribution in [2.45, 2.75) is 51.2 Å². The number of pyridine rings is 1. The first-order valence-electron chi connectivity index (χ1n) is 10.9. The lowest BCUT2D eigenvalue weighted by atomic mass is 9.80. The summed E-state index contributed by atoms with van der Waals surface area (Å²) in [6, 6.07) is 7.68. The zero-order valence-corrected chi connectivity index (χ0v) is 20.1. The van der Waals surface area contributed by atoms with Gasteiger partial charge in [0.1, 0.15) is 5.69 Å². The second kappa shape index (κ2) is 9.44. The highest BCUT2D eigenvalue weighted by molar-refractivity contribution is 7.14. The van der Waals surface area contributed by atoms with Crippen molar-refractivity contribution in [3.05, 3.63) is 53.3 Å². The molecule has 0 bridgehead atoms. The number of methoxy groups -OCH3 is 1. The Labute approximate surface area is 197 Å². The molecule has 0 spiro atoms. The molecule has 3 aromatic rings. The van der Waals surface area contributed by atoms with Crippen molar-refractivity contribution in [3.63, 3.8) is 0 Å². The van der Waals surface area contributed by atoms with Gasteiger partial charge in [0.15, 0.2) is 5.13 Å². The van der Waals surface area contributed by atoms with E-state index in [9.17, 15) is 9.59 Å². The van der Waals surface area contributed by atoms with Crippen LogP contribution >= 0.6 is 11.3 Å². The van der Waals surface area contributed by atoms with Crippen LogP contribution < -0.4 is 10.6 Å². The number of carbonyl (C=O) groups is 2. The van der Waals surface area contributed by atoms with Gasteiger partial charge in [0, 0.05) is 42.0 Å². The lowest BCUT2D eigenvalue weighted by Crippen LogP contribution is -2.32. The molecule has 1 saturated carbocycles. The smallest absolute Gasteiger partial charge is 0.253 e. The molecule has 8 nitrogen and oxygen atoms in total. The van der Waals surface area contributed by atoms with Crippen LogP contribution in [0.4, 0.5) is 5.13 Å². The lowest BCUT2D eigenvalue weighted by Gasteiger charge is -2.33.